The summed E-state index contributed by atoms with van der Waals surface area (Å²) in [5, 5.41) is 12.1. The minimum atomic E-state index is -0.291. The number of nitrogens with one attached hydrogen (secondary N) is 1. The summed E-state index contributed by atoms with van der Waals surface area (Å²) in [6.45, 7) is 0. The summed E-state index contributed by atoms with van der Waals surface area (Å²) in [5.41, 5.74) is 1.01. The van der Waals surface area contributed by atoms with Gasteiger partial charge in [-0.1, -0.05) is 6.07 Å². The van der Waals surface area contributed by atoms with Gasteiger partial charge in [0.05, 0.1) is 11.6 Å². The van der Waals surface area contributed by atoms with Crippen LogP contribution in [0.2, 0.25) is 0 Å². The minimum Gasteiger partial charge on any atom is -0.508 e. The Morgan fingerprint density at radius 3 is 2.74 bits per heavy atom. The number of phenolic OH excluding ortho intramolecular Hbond substituents is 1. The average molecular weight is 322 g/mol. The van der Waals surface area contributed by atoms with Gasteiger partial charge in [-0.3, -0.25) is 4.79 Å². The Bertz CT molecular complexity index is 613. The number of ether oxygens (including phenoxy) is 1. The molecule has 0 aromatic heterocycles. The number of hydrogen-bond acceptors (Lipinski definition) is 3. The van der Waals surface area contributed by atoms with Crippen LogP contribution in [0, 0.1) is 0 Å². The molecule has 0 spiro atoms. The minimum absolute atomic E-state index is 0.0565. The van der Waals surface area contributed by atoms with Crippen molar-refractivity contribution in [3.8, 4) is 11.5 Å². The van der Waals surface area contributed by atoms with Crippen LogP contribution in [0.3, 0.4) is 0 Å². The number of phenols is 1. The number of methoxy groups -OCH3 is 1. The third-order valence-electron chi connectivity index (χ3n) is 2.52. The van der Waals surface area contributed by atoms with E-state index in [1.165, 1.54) is 12.1 Å². The van der Waals surface area contributed by atoms with Gasteiger partial charge in [0.2, 0.25) is 0 Å². The summed E-state index contributed by atoms with van der Waals surface area (Å²) in [4.78, 5) is 12.0. The quantitative estimate of drug-likeness (QED) is 0.910. The van der Waals surface area contributed by atoms with Crippen molar-refractivity contribution in [2.24, 2.45) is 0 Å². The van der Waals surface area contributed by atoms with Crippen LogP contribution in [-0.4, -0.2) is 18.1 Å². The molecule has 0 unspecified atom stereocenters. The number of halogens is 1. The Morgan fingerprint density at radius 1 is 1.26 bits per heavy atom. The highest BCUT2D eigenvalue weighted by Crippen LogP contribution is 2.28. The maximum atomic E-state index is 12.0. The van der Waals surface area contributed by atoms with Gasteiger partial charge in [-0.2, -0.15) is 0 Å². The fraction of sp³-hybridized carbons (Fsp3) is 0.0714. The molecule has 0 heterocycles. The molecule has 19 heavy (non-hydrogen) atoms. The van der Waals surface area contributed by atoms with Gasteiger partial charge in [0, 0.05) is 17.3 Å². The summed E-state index contributed by atoms with van der Waals surface area (Å²) in [7, 11) is 1.56. The van der Waals surface area contributed by atoms with E-state index in [0.717, 1.165) is 4.47 Å². The van der Waals surface area contributed by atoms with Gasteiger partial charge in [0.15, 0.2) is 0 Å². The lowest BCUT2D eigenvalue weighted by Crippen LogP contribution is -2.11. The molecule has 0 fully saturated rings. The van der Waals surface area contributed by atoms with Crippen LogP contribution in [0.4, 0.5) is 5.69 Å². The third-order valence-corrected chi connectivity index (χ3v) is 3.17. The topological polar surface area (TPSA) is 58.6 Å². The van der Waals surface area contributed by atoms with E-state index in [-0.39, 0.29) is 11.7 Å². The van der Waals surface area contributed by atoms with E-state index in [1.54, 1.807) is 37.4 Å². The average Bonchev–Trinajstić information content (AvgIpc) is 2.41. The van der Waals surface area contributed by atoms with Crippen molar-refractivity contribution in [1.29, 1.82) is 0 Å². The molecule has 2 rings (SSSR count). The second-order valence-corrected chi connectivity index (χ2v) is 4.71. The van der Waals surface area contributed by atoms with E-state index in [9.17, 15) is 9.90 Å². The Morgan fingerprint density at radius 2 is 2.05 bits per heavy atom. The molecule has 0 saturated heterocycles. The summed E-state index contributed by atoms with van der Waals surface area (Å²) in [6, 6.07) is 11.4. The third kappa shape index (κ3) is 3.26. The Labute approximate surface area is 119 Å². The van der Waals surface area contributed by atoms with Crippen molar-refractivity contribution in [2.45, 2.75) is 0 Å². The molecule has 0 atom stereocenters. The first-order chi connectivity index (χ1) is 9.10. The number of aromatic hydroxyl groups is 1. The predicted octanol–water partition coefficient (Wildman–Crippen LogP) is 3.42. The van der Waals surface area contributed by atoms with Crippen molar-refractivity contribution in [1.82, 2.24) is 0 Å². The molecule has 0 saturated carbocycles. The molecule has 2 aromatic rings. The molecule has 2 N–H and O–H groups in total. The van der Waals surface area contributed by atoms with Gasteiger partial charge in [-0.15, -0.1) is 0 Å². The van der Waals surface area contributed by atoms with Crippen LogP contribution >= 0.6 is 15.9 Å². The molecule has 98 valence electrons. The summed E-state index contributed by atoms with van der Waals surface area (Å²) < 4.78 is 5.96. The SMILES string of the molecule is COc1cc(NC(=O)c2cccc(O)c2)ccc1Br. The van der Waals surface area contributed by atoms with Crippen LogP contribution in [0.15, 0.2) is 46.9 Å². The standard InChI is InChI=1S/C14H12BrNO3/c1-19-13-8-10(5-6-12(13)15)16-14(18)9-3-2-4-11(17)7-9/h2-8,17H,1H3,(H,16,18). The normalized spacial score (nSPS) is 10.0. The fourth-order valence-electron chi connectivity index (χ4n) is 1.59. The van der Waals surface area contributed by atoms with E-state index in [2.05, 4.69) is 21.2 Å². The van der Waals surface area contributed by atoms with E-state index >= 15 is 0 Å². The van der Waals surface area contributed by atoms with E-state index in [0.29, 0.717) is 17.0 Å². The first kappa shape index (κ1) is 13.4. The number of carbonyl (C=O) groups excluding carboxylic acids is 1. The van der Waals surface area contributed by atoms with Gasteiger partial charge in [-0.05, 0) is 46.3 Å². The van der Waals surface area contributed by atoms with Crippen molar-refractivity contribution in [3.63, 3.8) is 0 Å². The Balaban J connectivity index is 2.19. The zero-order valence-corrected chi connectivity index (χ0v) is 11.8. The van der Waals surface area contributed by atoms with Gasteiger partial charge in [0.25, 0.3) is 5.91 Å². The summed E-state index contributed by atoms with van der Waals surface area (Å²) in [6.07, 6.45) is 0. The van der Waals surface area contributed by atoms with Crippen molar-refractivity contribution >= 4 is 27.5 Å². The van der Waals surface area contributed by atoms with Crippen LogP contribution < -0.4 is 10.1 Å². The van der Waals surface area contributed by atoms with Crippen LogP contribution in [0.25, 0.3) is 0 Å². The van der Waals surface area contributed by atoms with E-state index in [4.69, 9.17) is 4.74 Å². The maximum absolute atomic E-state index is 12.0. The van der Waals surface area contributed by atoms with Gasteiger partial charge in [-0.25, -0.2) is 0 Å². The molecular formula is C14H12BrNO3. The highest BCUT2D eigenvalue weighted by molar-refractivity contribution is 9.10. The lowest BCUT2D eigenvalue weighted by atomic mass is 10.2. The van der Waals surface area contributed by atoms with Crippen molar-refractivity contribution < 1.29 is 14.6 Å². The highest BCUT2D eigenvalue weighted by atomic mass is 79.9. The van der Waals surface area contributed by atoms with Gasteiger partial charge >= 0.3 is 0 Å². The smallest absolute Gasteiger partial charge is 0.255 e. The molecule has 0 bridgehead atoms. The Hall–Kier alpha value is -2.01. The van der Waals surface area contributed by atoms with Crippen molar-refractivity contribution in [2.75, 3.05) is 12.4 Å². The predicted molar refractivity (Wildman–Crippen MR) is 76.8 cm³/mol. The van der Waals surface area contributed by atoms with Gasteiger partial charge in [0.1, 0.15) is 11.5 Å². The number of hydrogen-bond donors (Lipinski definition) is 2. The van der Waals surface area contributed by atoms with Crippen LogP contribution in [0.5, 0.6) is 11.5 Å². The molecule has 0 radical (unpaired) electrons. The monoisotopic (exact) mass is 321 g/mol. The summed E-state index contributed by atoms with van der Waals surface area (Å²) in [5.74, 6) is 0.398. The molecule has 5 heteroatoms. The van der Waals surface area contributed by atoms with Crippen molar-refractivity contribution in [3.05, 3.63) is 52.5 Å². The molecule has 2 aromatic carbocycles. The maximum Gasteiger partial charge on any atom is 0.255 e. The first-order valence-corrected chi connectivity index (χ1v) is 6.33. The zero-order valence-electron chi connectivity index (χ0n) is 10.2. The largest absolute Gasteiger partial charge is 0.508 e. The van der Waals surface area contributed by atoms with Gasteiger partial charge < -0.3 is 15.2 Å². The first-order valence-electron chi connectivity index (χ1n) is 5.54. The molecule has 0 aliphatic rings. The lowest BCUT2D eigenvalue weighted by molar-refractivity contribution is 0.102. The number of amides is 1. The number of benzene rings is 2. The zero-order chi connectivity index (χ0) is 13.8. The molecular weight excluding hydrogens is 310 g/mol. The summed E-state index contributed by atoms with van der Waals surface area (Å²) >= 11 is 3.34. The molecule has 1 amide bonds. The highest BCUT2D eigenvalue weighted by Gasteiger charge is 2.08. The number of anilines is 1. The fourth-order valence-corrected chi connectivity index (χ4v) is 2.00. The van der Waals surface area contributed by atoms with Crippen LogP contribution in [0.1, 0.15) is 10.4 Å². The number of rotatable bonds is 3. The van der Waals surface area contributed by atoms with Crippen LogP contribution in [-0.2, 0) is 0 Å². The van der Waals surface area contributed by atoms with E-state index in [1.807, 2.05) is 0 Å². The Kier molecular flexibility index (Phi) is 4.06. The van der Waals surface area contributed by atoms with E-state index < -0.39 is 0 Å². The molecule has 0 aliphatic heterocycles. The molecule has 0 aliphatic carbocycles. The number of carbonyl (C=O) groups is 1. The lowest BCUT2D eigenvalue weighted by Gasteiger charge is -2.08. The second-order valence-electron chi connectivity index (χ2n) is 3.85. The molecule has 4 nitrogen and oxygen atoms in total. The second kappa shape index (κ2) is 5.75.